The lowest BCUT2D eigenvalue weighted by Crippen LogP contribution is -2.46. The number of piperidine rings is 1. The largest absolute Gasteiger partial charge is 0.497 e. The van der Waals surface area contributed by atoms with Gasteiger partial charge in [0.1, 0.15) is 5.75 Å². The van der Waals surface area contributed by atoms with Crippen LogP contribution in [-0.2, 0) is 17.3 Å². The Morgan fingerprint density at radius 1 is 1.03 bits per heavy atom. The average molecular weight is 416 g/mol. The number of para-hydroxylation sites is 1. The Morgan fingerprint density at radius 3 is 2.45 bits per heavy atom. The first-order valence-electron chi connectivity index (χ1n) is 10.3. The molecule has 29 heavy (non-hydrogen) atoms. The number of thiol groups is 1. The highest BCUT2D eigenvalue weighted by Crippen LogP contribution is 2.32. The smallest absolute Gasteiger partial charge is 0.225 e. The monoisotopic (exact) mass is 415 g/mol. The maximum Gasteiger partial charge on any atom is 0.225 e. The number of ether oxygens (including phenoxy) is 1. The summed E-state index contributed by atoms with van der Waals surface area (Å²) in [5.74, 6) is 0.723. The molecular weight excluding hydrogens is 386 g/mol. The predicted molar refractivity (Wildman–Crippen MR) is 118 cm³/mol. The average Bonchev–Trinajstić information content (AvgIpc) is 3.19. The number of hydrogen-bond acceptors (Lipinski definition) is 5. The summed E-state index contributed by atoms with van der Waals surface area (Å²) >= 11 is 0. The lowest BCUT2D eigenvalue weighted by Gasteiger charge is -2.38. The molecule has 0 spiro atoms. The van der Waals surface area contributed by atoms with E-state index in [1.807, 2.05) is 0 Å². The first-order valence-corrected chi connectivity index (χ1v) is 11.4. The van der Waals surface area contributed by atoms with Gasteiger partial charge in [0.15, 0.2) is 0 Å². The van der Waals surface area contributed by atoms with Gasteiger partial charge < -0.3 is 14.5 Å². The van der Waals surface area contributed by atoms with Gasteiger partial charge in [-0.15, -0.1) is 0 Å². The van der Waals surface area contributed by atoms with Crippen molar-refractivity contribution in [3.63, 3.8) is 0 Å². The van der Waals surface area contributed by atoms with Crippen molar-refractivity contribution in [1.29, 1.82) is 0 Å². The number of fused-ring (bicyclic) bond motifs is 1. The molecule has 0 bridgehead atoms. The molecular formula is C22H29N3O3S. The van der Waals surface area contributed by atoms with Crippen molar-refractivity contribution in [3.05, 3.63) is 54.1 Å². The third-order valence-corrected chi connectivity index (χ3v) is 6.94. The fraction of sp³-hybridized carbons (Fsp3) is 0.455. The molecule has 0 N–H and O–H groups in total. The van der Waals surface area contributed by atoms with E-state index < -0.39 is 10.9 Å². The maximum atomic E-state index is 11.8. The normalized spacial score (nSPS) is 17.5. The first-order chi connectivity index (χ1) is 14.2. The molecule has 0 amide bonds. The zero-order valence-corrected chi connectivity index (χ0v) is 17.8. The number of benzene rings is 2. The Hall–Kier alpha value is -2.25. The van der Waals surface area contributed by atoms with Gasteiger partial charge in [-0.25, -0.2) is 8.42 Å². The summed E-state index contributed by atoms with van der Waals surface area (Å²) in [6, 6.07) is 16.5. The van der Waals surface area contributed by atoms with Crippen LogP contribution < -0.4 is 13.9 Å². The Labute approximate surface area is 174 Å². The van der Waals surface area contributed by atoms with Crippen molar-refractivity contribution >= 4 is 22.3 Å². The molecule has 2 aromatic carbocycles. The summed E-state index contributed by atoms with van der Waals surface area (Å²) in [6.07, 6.45) is 3.39. The molecule has 0 aliphatic carbocycles. The zero-order valence-electron chi connectivity index (χ0n) is 16.9. The Balaban J connectivity index is 1.31. The van der Waals surface area contributed by atoms with Gasteiger partial charge in [0.05, 0.1) is 12.8 Å². The molecule has 0 aromatic heterocycles. The molecule has 4 rings (SSSR count). The number of methoxy groups -OCH3 is 1. The summed E-state index contributed by atoms with van der Waals surface area (Å²) in [6.45, 7) is 4.36. The van der Waals surface area contributed by atoms with Gasteiger partial charge in [0.25, 0.3) is 0 Å². The van der Waals surface area contributed by atoms with Crippen LogP contribution in [0, 0.1) is 0 Å². The van der Waals surface area contributed by atoms with Crippen LogP contribution in [0.25, 0.3) is 0 Å². The van der Waals surface area contributed by atoms with E-state index in [2.05, 4.69) is 34.1 Å². The number of likely N-dealkylation sites (tertiary alicyclic amines) is 1. The van der Waals surface area contributed by atoms with Crippen LogP contribution in [-0.4, -0.2) is 59.2 Å². The van der Waals surface area contributed by atoms with Crippen LogP contribution >= 0.6 is 0 Å². The van der Waals surface area contributed by atoms with E-state index in [0.717, 1.165) is 51.2 Å². The molecule has 7 heteroatoms. The summed E-state index contributed by atoms with van der Waals surface area (Å²) in [7, 11) is -1.07. The quantitative estimate of drug-likeness (QED) is 0.705. The number of rotatable bonds is 7. The highest BCUT2D eigenvalue weighted by molar-refractivity contribution is 7.74. The van der Waals surface area contributed by atoms with Gasteiger partial charge in [-0.3, -0.25) is 4.31 Å². The minimum absolute atomic E-state index is 0.474. The molecule has 2 aliphatic rings. The Bertz CT molecular complexity index is 884. The first kappa shape index (κ1) is 20.0. The van der Waals surface area contributed by atoms with Gasteiger partial charge >= 0.3 is 0 Å². The SMILES string of the molecule is COc1ccc(N(CCN2CCC(N3CCc4ccccc43)CC2)[SH](=O)=O)cc1. The van der Waals surface area contributed by atoms with Gasteiger partial charge in [-0.05, 0) is 55.2 Å². The van der Waals surface area contributed by atoms with Crippen molar-refractivity contribution in [2.75, 3.05) is 49.0 Å². The molecule has 2 aliphatic heterocycles. The van der Waals surface area contributed by atoms with E-state index in [0.29, 0.717) is 18.3 Å². The summed E-state index contributed by atoms with van der Waals surface area (Å²) in [5, 5.41) is 0. The van der Waals surface area contributed by atoms with E-state index in [4.69, 9.17) is 4.74 Å². The van der Waals surface area contributed by atoms with E-state index in [1.54, 1.807) is 31.4 Å². The van der Waals surface area contributed by atoms with Crippen molar-refractivity contribution in [2.24, 2.45) is 0 Å². The minimum atomic E-state index is -2.67. The van der Waals surface area contributed by atoms with Crippen LogP contribution in [0.1, 0.15) is 18.4 Å². The molecule has 0 radical (unpaired) electrons. The van der Waals surface area contributed by atoms with Crippen LogP contribution in [0.2, 0.25) is 0 Å². The third kappa shape index (κ3) is 4.51. The third-order valence-electron chi connectivity index (χ3n) is 6.12. The molecule has 1 fully saturated rings. The highest BCUT2D eigenvalue weighted by Gasteiger charge is 2.29. The Kier molecular flexibility index (Phi) is 6.25. The number of hydrogen-bond donors (Lipinski definition) is 1. The topological polar surface area (TPSA) is 53.1 Å². The second-order valence-electron chi connectivity index (χ2n) is 7.70. The van der Waals surface area contributed by atoms with Crippen LogP contribution in [0.15, 0.2) is 48.5 Å². The van der Waals surface area contributed by atoms with Gasteiger partial charge in [0, 0.05) is 44.5 Å². The molecule has 6 nitrogen and oxygen atoms in total. The predicted octanol–water partition coefficient (Wildman–Crippen LogP) is 2.56. The van der Waals surface area contributed by atoms with Crippen molar-refractivity contribution in [2.45, 2.75) is 25.3 Å². The molecule has 2 aromatic rings. The molecule has 0 saturated carbocycles. The van der Waals surface area contributed by atoms with Gasteiger partial charge in [-0.2, -0.15) is 0 Å². The van der Waals surface area contributed by atoms with E-state index in [1.165, 1.54) is 15.6 Å². The highest BCUT2D eigenvalue weighted by atomic mass is 32.2. The summed E-state index contributed by atoms with van der Waals surface area (Å²) in [4.78, 5) is 4.96. The molecule has 1 saturated heterocycles. The second-order valence-corrected chi connectivity index (χ2v) is 8.66. The minimum Gasteiger partial charge on any atom is -0.497 e. The van der Waals surface area contributed by atoms with E-state index in [9.17, 15) is 8.42 Å². The van der Waals surface area contributed by atoms with E-state index in [-0.39, 0.29) is 0 Å². The lowest BCUT2D eigenvalue weighted by molar-refractivity contribution is 0.215. The molecule has 156 valence electrons. The standard InChI is InChI=1S/C22H29N3O3S/c1-28-21-8-6-20(7-9-21)25(29(26)27)17-16-23-13-11-19(12-14-23)24-15-10-18-4-2-3-5-22(18)24/h2-9,19,29H,10-17H2,1H3. The molecule has 0 unspecified atom stereocenters. The van der Waals surface area contributed by atoms with Gasteiger partial charge in [-0.1, -0.05) is 18.2 Å². The van der Waals surface area contributed by atoms with Crippen molar-refractivity contribution in [3.8, 4) is 5.75 Å². The fourth-order valence-electron chi connectivity index (χ4n) is 4.49. The second kappa shape index (κ2) is 9.05. The molecule has 0 atom stereocenters. The van der Waals surface area contributed by atoms with E-state index >= 15 is 0 Å². The van der Waals surface area contributed by atoms with Crippen molar-refractivity contribution < 1.29 is 13.2 Å². The van der Waals surface area contributed by atoms with Crippen LogP contribution in [0.5, 0.6) is 5.75 Å². The summed E-state index contributed by atoms with van der Waals surface area (Å²) < 4.78 is 30.2. The Morgan fingerprint density at radius 2 is 1.76 bits per heavy atom. The van der Waals surface area contributed by atoms with Crippen LogP contribution in [0.4, 0.5) is 11.4 Å². The number of nitrogens with zero attached hydrogens (tertiary/aromatic N) is 3. The summed E-state index contributed by atoms with van der Waals surface area (Å²) in [5.41, 5.74) is 3.55. The molecule has 2 heterocycles. The lowest BCUT2D eigenvalue weighted by atomic mass is 10.0. The zero-order chi connectivity index (χ0) is 20.2. The van der Waals surface area contributed by atoms with Gasteiger partial charge in [0.2, 0.25) is 10.9 Å². The number of anilines is 2. The van der Waals surface area contributed by atoms with Crippen LogP contribution in [0.3, 0.4) is 0 Å². The maximum absolute atomic E-state index is 11.8. The fourth-order valence-corrected chi connectivity index (χ4v) is 5.07. The van der Waals surface area contributed by atoms with Crippen molar-refractivity contribution in [1.82, 2.24) is 4.90 Å².